The van der Waals surface area contributed by atoms with E-state index in [1.807, 2.05) is 13.8 Å². The maximum Gasteiger partial charge on any atom is 0.257 e. The number of benzene rings is 1. The van der Waals surface area contributed by atoms with Crippen molar-refractivity contribution < 1.29 is 14.6 Å². The van der Waals surface area contributed by atoms with Crippen LogP contribution >= 0.6 is 0 Å². The maximum absolute atomic E-state index is 12.5. The molecule has 5 heteroatoms. The van der Waals surface area contributed by atoms with Gasteiger partial charge in [0.1, 0.15) is 0 Å². The van der Waals surface area contributed by atoms with E-state index < -0.39 is 0 Å². The minimum absolute atomic E-state index is 0.110. The number of aromatic hydroxyl groups is 1. The van der Waals surface area contributed by atoms with E-state index in [1.165, 1.54) is 7.11 Å². The zero-order chi connectivity index (χ0) is 15.1. The number of hydrogen-bond acceptors (Lipinski definition) is 4. The topological polar surface area (TPSA) is 75.8 Å². The molecule has 0 saturated carbocycles. The average molecular weight is 280 g/mol. The molecule has 1 amide bonds. The molecule has 0 radical (unpaired) electrons. The highest BCUT2D eigenvalue weighted by Crippen LogP contribution is 2.30. The minimum Gasteiger partial charge on any atom is -0.504 e. The van der Waals surface area contributed by atoms with Gasteiger partial charge in [0.25, 0.3) is 5.91 Å². The molecule has 20 heavy (non-hydrogen) atoms. The number of nitrogens with zero attached hydrogens (tertiary/aromatic N) is 1. The molecule has 5 nitrogen and oxygen atoms in total. The number of para-hydroxylation sites is 1. The van der Waals surface area contributed by atoms with Crippen LogP contribution in [0.4, 0.5) is 0 Å². The van der Waals surface area contributed by atoms with Crippen LogP contribution in [0, 0.1) is 5.92 Å². The molecule has 0 unspecified atom stereocenters. The van der Waals surface area contributed by atoms with Crippen LogP contribution < -0.4 is 10.5 Å². The van der Waals surface area contributed by atoms with Crippen LogP contribution in [0.15, 0.2) is 18.2 Å². The van der Waals surface area contributed by atoms with E-state index in [0.717, 1.165) is 6.42 Å². The van der Waals surface area contributed by atoms with Gasteiger partial charge in [-0.3, -0.25) is 4.79 Å². The number of hydrogen-bond donors (Lipinski definition) is 2. The fraction of sp³-hybridized carbons (Fsp3) is 0.533. The van der Waals surface area contributed by atoms with Crippen molar-refractivity contribution in [3.63, 3.8) is 0 Å². The zero-order valence-corrected chi connectivity index (χ0v) is 12.4. The van der Waals surface area contributed by atoms with E-state index >= 15 is 0 Å². The van der Waals surface area contributed by atoms with Gasteiger partial charge in [-0.05, 0) is 31.0 Å². The van der Waals surface area contributed by atoms with E-state index in [9.17, 15) is 9.90 Å². The van der Waals surface area contributed by atoms with Gasteiger partial charge in [0.15, 0.2) is 11.5 Å². The molecule has 0 aliphatic rings. The Morgan fingerprint density at radius 3 is 2.70 bits per heavy atom. The highest BCUT2D eigenvalue weighted by Gasteiger charge is 2.21. The number of amides is 1. The first-order valence-electron chi connectivity index (χ1n) is 6.86. The van der Waals surface area contributed by atoms with Crippen molar-refractivity contribution in [2.75, 3.05) is 26.7 Å². The SMILES string of the molecule is COc1cccc(C(=O)N(CCCN)CC(C)C)c1O. The highest BCUT2D eigenvalue weighted by atomic mass is 16.5. The molecule has 0 heterocycles. The molecule has 0 spiro atoms. The Bertz CT molecular complexity index is 447. The second-order valence-electron chi connectivity index (χ2n) is 5.14. The Labute approximate surface area is 120 Å². The lowest BCUT2D eigenvalue weighted by Crippen LogP contribution is -2.36. The van der Waals surface area contributed by atoms with Crippen LogP contribution in [0.5, 0.6) is 11.5 Å². The number of methoxy groups -OCH3 is 1. The highest BCUT2D eigenvalue weighted by molar-refractivity contribution is 5.97. The van der Waals surface area contributed by atoms with Gasteiger partial charge in [-0.25, -0.2) is 0 Å². The number of carbonyl (C=O) groups excluding carboxylic acids is 1. The van der Waals surface area contributed by atoms with Gasteiger partial charge in [-0.15, -0.1) is 0 Å². The Balaban J connectivity index is 2.98. The summed E-state index contributed by atoms with van der Waals surface area (Å²) in [5, 5.41) is 10.1. The average Bonchev–Trinajstić information content (AvgIpc) is 2.42. The Morgan fingerprint density at radius 2 is 2.15 bits per heavy atom. The summed E-state index contributed by atoms with van der Waals surface area (Å²) in [6, 6.07) is 4.93. The van der Waals surface area contributed by atoms with E-state index in [0.29, 0.717) is 31.3 Å². The summed E-state index contributed by atoms with van der Waals surface area (Å²) >= 11 is 0. The molecule has 0 saturated heterocycles. The Kier molecular flexibility index (Phi) is 6.31. The third kappa shape index (κ3) is 4.13. The quantitative estimate of drug-likeness (QED) is 0.799. The number of phenolic OH excluding ortho intramolecular Hbond substituents is 1. The summed E-state index contributed by atoms with van der Waals surface area (Å²) in [7, 11) is 1.46. The van der Waals surface area contributed by atoms with E-state index in [4.69, 9.17) is 10.5 Å². The van der Waals surface area contributed by atoms with Crippen molar-refractivity contribution in [3.8, 4) is 11.5 Å². The van der Waals surface area contributed by atoms with Gasteiger partial charge in [0, 0.05) is 13.1 Å². The summed E-state index contributed by atoms with van der Waals surface area (Å²) in [4.78, 5) is 14.3. The van der Waals surface area contributed by atoms with Crippen molar-refractivity contribution in [1.82, 2.24) is 4.90 Å². The van der Waals surface area contributed by atoms with Crippen LogP contribution in [0.3, 0.4) is 0 Å². The van der Waals surface area contributed by atoms with Gasteiger partial charge < -0.3 is 20.5 Å². The summed E-state index contributed by atoms with van der Waals surface area (Å²) < 4.78 is 5.04. The Morgan fingerprint density at radius 1 is 1.45 bits per heavy atom. The van der Waals surface area contributed by atoms with Gasteiger partial charge in [-0.1, -0.05) is 19.9 Å². The van der Waals surface area contributed by atoms with Gasteiger partial charge in [0.05, 0.1) is 12.7 Å². The minimum atomic E-state index is -0.191. The zero-order valence-electron chi connectivity index (χ0n) is 12.4. The molecule has 1 aromatic carbocycles. The molecule has 1 rings (SSSR count). The fourth-order valence-corrected chi connectivity index (χ4v) is 2.03. The van der Waals surface area contributed by atoms with Crippen LogP contribution in [-0.2, 0) is 0 Å². The standard InChI is InChI=1S/C15H24N2O3/c1-11(2)10-17(9-5-8-16)15(19)12-6-4-7-13(20-3)14(12)18/h4,6-7,11,18H,5,8-10,16H2,1-3H3. The lowest BCUT2D eigenvalue weighted by atomic mass is 10.1. The molecule has 0 atom stereocenters. The fourth-order valence-electron chi connectivity index (χ4n) is 2.03. The molecule has 0 bridgehead atoms. The molecule has 0 aromatic heterocycles. The summed E-state index contributed by atoms with van der Waals surface area (Å²) in [5.41, 5.74) is 5.78. The molecule has 112 valence electrons. The van der Waals surface area contributed by atoms with E-state index in [1.54, 1.807) is 23.1 Å². The molecule has 0 aliphatic carbocycles. The maximum atomic E-state index is 12.5. The summed E-state index contributed by atoms with van der Waals surface area (Å²) in [6.45, 7) is 5.86. The lowest BCUT2D eigenvalue weighted by molar-refractivity contribution is 0.0731. The first-order chi connectivity index (χ1) is 9.51. The first kappa shape index (κ1) is 16.3. The predicted molar refractivity (Wildman–Crippen MR) is 79.1 cm³/mol. The second kappa shape index (κ2) is 7.75. The van der Waals surface area contributed by atoms with Crippen molar-refractivity contribution in [2.45, 2.75) is 20.3 Å². The summed E-state index contributed by atoms with van der Waals surface area (Å²) in [6.07, 6.45) is 0.739. The van der Waals surface area contributed by atoms with Crippen molar-refractivity contribution in [3.05, 3.63) is 23.8 Å². The Hall–Kier alpha value is -1.75. The number of ether oxygens (including phenoxy) is 1. The van der Waals surface area contributed by atoms with Gasteiger partial charge in [-0.2, -0.15) is 0 Å². The molecular weight excluding hydrogens is 256 g/mol. The normalized spacial score (nSPS) is 10.7. The van der Waals surface area contributed by atoms with Crippen molar-refractivity contribution in [1.29, 1.82) is 0 Å². The van der Waals surface area contributed by atoms with Crippen molar-refractivity contribution in [2.24, 2.45) is 11.7 Å². The molecular formula is C15H24N2O3. The van der Waals surface area contributed by atoms with Gasteiger partial charge in [0.2, 0.25) is 0 Å². The largest absolute Gasteiger partial charge is 0.504 e. The summed E-state index contributed by atoms with van der Waals surface area (Å²) in [5.74, 6) is 0.355. The van der Waals surface area contributed by atoms with Crippen LogP contribution in [0.25, 0.3) is 0 Å². The number of carbonyl (C=O) groups is 1. The number of phenols is 1. The van der Waals surface area contributed by atoms with Crippen LogP contribution in [-0.4, -0.2) is 42.7 Å². The van der Waals surface area contributed by atoms with Crippen LogP contribution in [0.2, 0.25) is 0 Å². The molecule has 0 aliphatic heterocycles. The third-order valence-corrected chi connectivity index (χ3v) is 2.95. The van der Waals surface area contributed by atoms with Gasteiger partial charge >= 0.3 is 0 Å². The van der Waals surface area contributed by atoms with E-state index in [-0.39, 0.29) is 17.2 Å². The lowest BCUT2D eigenvalue weighted by Gasteiger charge is -2.25. The number of rotatable bonds is 7. The van der Waals surface area contributed by atoms with E-state index in [2.05, 4.69) is 0 Å². The third-order valence-electron chi connectivity index (χ3n) is 2.95. The number of nitrogens with two attached hydrogens (primary N) is 1. The molecule has 1 aromatic rings. The molecule has 3 N–H and O–H groups in total. The second-order valence-corrected chi connectivity index (χ2v) is 5.14. The van der Waals surface area contributed by atoms with Crippen molar-refractivity contribution >= 4 is 5.91 Å². The first-order valence-corrected chi connectivity index (χ1v) is 6.86. The smallest absolute Gasteiger partial charge is 0.257 e. The predicted octanol–water partition coefficient (Wildman–Crippen LogP) is 1.85. The molecule has 0 fully saturated rings. The van der Waals surface area contributed by atoms with Crippen LogP contribution in [0.1, 0.15) is 30.6 Å². The monoisotopic (exact) mass is 280 g/mol.